The topological polar surface area (TPSA) is 33.2 Å². The van der Waals surface area contributed by atoms with E-state index in [9.17, 15) is 4.79 Å². The van der Waals surface area contributed by atoms with Crippen molar-refractivity contribution in [3.63, 3.8) is 0 Å². The predicted molar refractivity (Wildman–Crippen MR) is 66.3 cm³/mol. The van der Waals surface area contributed by atoms with Gasteiger partial charge in [0.25, 0.3) is 5.91 Å². The predicted octanol–water partition coefficient (Wildman–Crippen LogP) is 2.31. The van der Waals surface area contributed by atoms with E-state index in [1.54, 1.807) is 17.3 Å². The summed E-state index contributed by atoms with van der Waals surface area (Å²) in [6.45, 7) is 2.90. The molecule has 5 heteroatoms. The van der Waals surface area contributed by atoms with E-state index in [-0.39, 0.29) is 5.91 Å². The summed E-state index contributed by atoms with van der Waals surface area (Å²) in [7, 11) is 0. The Kier molecular flexibility index (Phi) is 5.56. The highest BCUT2D eigenvalue weighted by atomic mass is 35.5. The Bertz CT molecular complexity index is 352. The molecule has 0 atom stereocenters. The molecule has 1 amide bonds. The van der Waals surface area contributed by atoms with Crippen LogP contribution < -0.4 is 0 Å². The molecule has 0 aliphatic carbocycles. The molecule has 1 aromatic heterocycles. The fourth-order valence-corrected chi connectivity index (χ4v) is 1.78. The van der Waals surface area contributed by atoms with Gasteiger partial charge in [0.1, 0.15) is 0 Å². The second-order valence-electron chi connectivity index (χ2n) is 3.42. The van der Waals surface area contributed by atoms with Gasteiger partial charge in [-0.3, -0.25) is 9.78 Å². The molecule has 0 radical (unpaired) electrons. The van der Waals surface area contributed by atoms with Crippen molar-refractivity contribution in [3.8, 4) is 0 Å². The molecule has 1 aromatic rings. The zero-order valence-electron chi connectivity index (χ0n) is 9.12. The molecule has 88 valence electrons. The summed E-state index contributed by atoms with van der Waals surface area (Å²) in [5.74, 6) is 0.738. The number of aryl methyl sites for hydroxylation is 1. The largest absolute Gasteiger partial charge is 0.336 e. The first-order valence-electron chi connectivity index (χ1n) is 5.02. The lowest BCUT2D eigenvalue weighted by molar-refractivity contribution is 0.0774. The van der Waals surface area contributed by atoms with Crippen molar-refractivity contribution < 1.29 is 4.79 Å². The van der Waals surface area contributed by atoms with E-state index in [4.69, 9.17) is 23.2 Å². The number of rotatable bonds is 5. The molecule has 0 fully saturated rings. The number of carbonyl (C=O) groups excluding carboxylic acids is 1. The van der Waals surface area contributed by atoms with E-state index < -0.39 is 0 Å². The molecule has 0 N–H and O–H groups in total. The van der Waals surface area contributed by atoms with E-state index in [1.165, 1.54) is 0 Å². The average molecular weight is 261 g/mol. The first-order chi connectivity index (χ1) is 7.69. The third kappa shape index (κ3) is 3.65. The minimum absolute atomic E-state index is 0.0718. The fourth-order valence-electron chi connectivity index (χ4n) is 1.37. The number of hydrogen-bond acceptors (Lipinski definition) is 2. The Morgan fingerprint density at radius 3 is 2.44 bits per heavy atom. The molecule has 0 spiro atoms. The van der Waals surface area contributed by atoms with Gasteiger partial charge in [-0.05, 0) is 18.6 Å². The van der Waals surface area contributed by atoms with Gasteiger partial charge in [-0.1, -0.05) is 0 Å². The van der Waals surface area contributed by atoms with Crippen molar-refractivity contribution in [1.82, 2.24) is 9.88 Å². The summed E-state index contributed by atoms with van der Waals surface area (Å²) in [5, 5.41) is 0. The second kappa shape index (κ2) is 6.71. The second-order valence-corrected chi connectivity index (χ2v) is 4.18. The number of aromatic nitrogens is 1. The lowest BCUT2D eigenvalue weighted by Gasteiger charge is -2.20. The van der Waals surface area contributed by atoms with E-state index in [0.29, 0.717) is 30.4 Å². The molecule has 0 saturated heterocycles. The van der Waals surface area contributed by atoms with Gasteiger partial charge in [-0.25, -0.2) is 0 Å². The Balaban J connectivity index is 2.81. The van der Waals surface area contributed by atoms with Crippen molar-refractivity contribution in [2.75, 3.05) is 24.8 Å². The van der Waals surface area contributed by atoms with E-state index in [0.717, 1.165) is 5.56 Å². The van der Waals surface area contributed by atoms with Crippen LogP contribution in [0.2, 0.25) is 0 Å². The molecule has 0 bridgehead atoms. The zero-order valence-corrected chi connectivity index (χ0v) is 10.6. The van der Waals surface area contributed by atoms with Gasteiger partial charge < -0.3 is 4.90 Å². The third-order valence-electron chi connectivity index (χ3n) is 2.12. The van der Waals surface area contributed by atoms with Crippen molar-refractivity contribution in [3.05, 3.63) is 29.6 Å². The molecule has 3 nitrogen and oxygen atoms in total. The van der Waals surface area contributed by atoms with Gasteiger partial charge in [0, 0.05) is 37.2 Å². The molecular formula is C11H14Cl2N2O. The van der Waals surface area contributed by atoms with Crippen LogP contribution in [0.25, 0.3) is 0 Å². The maximum absolute atomic E-state index is 12.0. The molecule has 0 unspecified atom stereocenters. The molecule has 16 heavy (non-hydrogen) atoms. The lowest BCUT2D eigenvalue weighted by Crippen LogP contribution is -2.34. The van der Waals surface area contributed by atoms with Crippen LogP contribution in [0.15, 0.2) is 18.5 Å². The first-order valence-corrected chi connectivity index (χ1v) is 6.08. The Labute approximate surface area is 105 Å². The number of halogens is 2. The summed E-state index contributed by atoms with van der Waals surface area (Å²) in [4.78, 5) is 17.7. The van der Waals surface area contributed by atoms with Crippen LogP contribution in [0, 0.1) is 6.92 Å². The highest BCUT2D eigenvalue weighted by Gasteiger charge is 2.14. The maximum atomic E-state index is 12.0. The van der Waals surface area contributed by atoms with Crippen LogP contribution in [0.3, 0.4) is 0 Å². The number of amides is 1. The monoisotopic (exact) mass is 260 g/mol. The van der Waals surface area contributed by atoms with Crippen molar-refractivity contribution in [2.24, 2.45) is 0 Å². The van der Waals surface area contributed by atoms with Gasteiger partial charge in [0.15, 0.2) is 0 Å². The SMILES string of the molecule is Cc1cncc(C(=O)N(CCCl)CCCl)c1. The third-order valence-corrected chi connectivity index (χ3v) is 2.46. The van der Waals surface area contributed by atoms with Crippen LogP contribution in [0.5, 0.6) is 0 Å². The average Bonchev–Trinajstić information content (AvgIpc) is 2.28. The molecule has 0 aromatic carbocycles. The highest BCUT2D eigenvalue weighted by molar-refractivity contribution is 6.18. The summed E-state index contributed by atoms with van der Waals surface area (Å²) < 4.78 is 0. The molecular weight excluding hydrogens is 247 g/mol. The van der Waals surface area contributed by atoms with Crippen molar-refractivity contribution >= 4 is 29.1 Å². The minimum atomic E-state index is -0.0718. The highest BCUT2D eigenvalue weighted by Crippen LogP contribution is 2.06. The Morgan fingerprint density at radius 2 is 1.94 bits per heavy atom. The van der Waals surface area contributed by atoms with E-state index in [1.807, 2.05) is 13.0 Å². The zero-order chi connectivity index (χ0) is 12.0. The lowest BCUT2D eigenvalue weighted by atomic mass is 10.2. The van der Waals surface area contributed by atoms with Crippen LogP contribution in [0.4, 0.5) is 0 Å². The number of nitrogens with zero attached hydrogens (tertiary/aromatic N) is 2. The van der Waals surface area contributed by atoms with Gasteiger partial charge in [-0.15, -0.1) is 23.2 Å². The van der Waals surface area contributed by atoms with Crippen LogP contribution in [0.1, 0.15) is 15.9 Å². The standard InChI is InChI=1S/C11H14Cl2N2O/c1-9-6-10(8-14-7-9)11(16)15(4-2-12)5-3-13/h6-8H,2-5H2,1H3. The van der Waals surface area contributed by atoms with Crippen molar-refractivity contribution in [1.29, 1.82) is 0 Å². The summed E-state index contributed by atoms with van der Waals surface area (Å²) in [6.07, 6.45) is 3.27. The number of pyridine rings is 1. The van der Waals surface area contributed by atoms with Crippen LogP contribution >= 0.6 is 23.2 Å². The maximum Gasteiger partial charge on any atom is 0.255 e. The van der Waals surface area contributed by atoms with Crippen molar-refractivity contribution in [2.45, 2.75) is 6.92 Å². The summed E-state index contributed by atoms with van der Waals surface area (Å²) >= 11 is 11.3. The first kappa shape index (κ1) is 13.3. The van der Waals surface area contributed by atoms with Gasteiger partial charge in [0.05, 0.1) is 5.56 Å². The summed E-state index contributed by atoms with van der Waals surface area (Å²) in [6, 6.07) is 1.81. The fraction of sp³-hybridized carbons (Fsp3) is 0.455. The molecule has 1 heterocycles. The molecule has 0 saturated carbocycles. The summed E-state index contributed by atoms with van der Waals surface area (Å²) in [5.41, 5.74) is 1.54. The normalized spacial score (nSPS) is 10.2. The molecule has 1 rings (SSSR count). The van der Waals surface area contributed by atoms with Crippen LogP contribution in [-0.2, 0) is 0 Å². The molecule has 0 aliphatic heterocycles. The number of alkyl halides is 2. The molecule has 0 aliphatic rings. The van der Waals surface area contributed by atoms with E-state index in [2.05, 4.69) is 4.98 Å². The van der Waals surface area contributed by atoms with Crippen LogP contribution in [-0.4, -0.2) is 40.6 Å². The number of carbonyl (C=O) groups is 1. The Morgan fingerprint density at radius 1 is 1.31 bits per heavy atom. The van der Waals surface area contributed by atoms with Gasteiger partial charge >= 0.3 is 0 Å². The Hall–Kier alpha value is -0.800. The van der Waals surface area contributed by atoms with Gasteiger partial charge in [0.2, 0.25) is 0 Å². The smallest absolute Gasteiger partial charge is 0.255 e. The minimum Gasteiger partial charge on any atom is -0.336 e. The van der Waals surface area contributed by atoms with E-state index >= 15 is 0 Å². The quantitative estimate of drug-likeness (QED) is 0.762. The number of hydrogen-bond donors (Lipinski definition) is 0. The van der Waals surface area contributed by atoms with Gasteiger partial charge in [-0.2, -0.15) is 0 Å².